The third kappa shape index (κ3) is 51.8. The fourth-order valence-corrected chi connectivity index (χ4v) is 7.72. The lowest BCUT2D eigenvalue weighted by Crippen LogP contribution is -2.30. The Kier molecular flexibility index (Phi) is 51.9. The molecule has 0 saturated heterocycles. The molecule has 0 fully saturated rings. The van der Waals surface area contributed by atoms with Crippen molar-refractivity contribution in [3.63, 3.8) is 0 Å². The van der Waals surface area contributed by atoms with Gasteiger partial charge in [0.15, 0.2) is 6.10 Å². The van der Waals surface area contributed by atoms with Crippen molar-refractivity contribution in [3.8, 4) is 0 Å². The van der Waals surface area contributed by atoms with Crippen LogP contribution in [0.1, 0.15) is 271 Å². The number of carbonyl (C=O) groups is 3. The highest BCUT2D eigenvalue weighted by Gasteiger charge is 2.19. The van der Waals surface area contributed by atoms with Gasteiger partial charge in [0.2, 0.25) is 0 Å². The van der Waals surface area contributed by atoms with Gasteiger partial charge in [-0.15, -0.1) is 0 Å². The molecule has 0 rings (SSSR count). The lowest BCUT2D eigenvalue weighted by molar-refractivity contribution is -0.167. The average molecular weight is 921 g/mol. The van der Waals surface area contributed by atoms with Gasteiger partial charge in [-0.25, -0.2) is 0 Å². The molecule has 0 heterocycles. The Labute approximate surface area is 408 Å². The van der Waals surface area contributed by atoms with Crippen LogP contribution in [-0.4, -0.2) is 37.2 Å². The molecule has 66 heavy (non-hydrogen) atoms. The maximum absolute atomic E-state index is 12.8. The van der Waals surface area contributed by atoms with Gasteiger partial charge < -0.3 is 14.2 Å². The van der Waals surface area contributed by atoms with Crippen LogP contribution < -0.4 is 0 Å². The van der Waals surface area contributed by atoms with E-state index < -0.39 is 6.10 Å². The normalized spacial score (nSPS) is 12.6. The number of ether oxygens (including phenoxy) is 3. The molecule has 1 atom stereocenters. The molecule has 0 saturated carbocycles. The van der Waals surface area contributed by atoms with Gasteiger partial charge in [0.05, 0.1) is 0 Å². The number of rotatable bonds is 50. The Morgan fingerprint density at radius 3 is 1.08 bits per heavy atom. The van der Waals surface area contributed by atoms with Crippen molar-refractivity contribution in [2.24, 2.45) is 0 Å². The first-order valence-corrected chi connectivity index (χ1v) is 28.0. The maximum Gasteiger partial charge on any atom is 0.306 e. The van der Waals surface area contributed by atoms with Crippen molar-refractivity contribution in [1.82, 2.24) is 0 Å². The minimum atomic E-state index is -0.789. The number of unbranched alkanes of at least 4 members (excludes halogenated alkanes) is 28. The molecular weight excluding hydrogens is 817 g/mol. The van der Waals surface area contributed by atoms with Crippen LogP contribution in [0.15, 0.2) is 72.9 Å². The molecule has 0 amide bonds. The summed E-state index contributed by atoms with van der Waals surface area (Å²) in [7, 11) is 0. The summed E-state index contributed by atoms with van der Waals surface area (Å²) >= 11 is 0. The van der Waals surface area contributed by atoms with Gasteiger partial charge >= 0.3 is 17.9 Å². The summed E-state index contributed by atoms with van der Waals surface area (Å²) in [6.07, 6.45) is 68.9. The number of esters is 3. The topological polar surface area (TPSA) is 78.9 Å². The van der Waals surface area contributed by atoms with E-state index >= 15 is 0 Å². The standard InChI is InChI=1S/C60H104O6/c1-4-7-10-13-16-19-22-24-26-28-30-32-33-35-38-41-44-47-50-53-59(62)65-56-57(55-64-58(61)52-49-46-43-40-37-21-18-15-12-9-6-3)66-60(63)54-51-48-45-42-39-36-34-31-29-27-25-23-20-17-14-11-8-5-2/h7,10,15-16,18-19,24,26-27,29,31,34,57H,4-6,8-9,11-14,17,20-23,25,28,30,32-33,35-56H2,1-3H3/b10-7-,18-15-,19-16-,26-24-,29-27-,34-31-. The van der Waals surface area contributed by atoms with Gasteiger partial charge in [0, 0.05) is 19.3 Å². The van der Waals surface area contributed by atoms with Crippen molar-refractivity contribution < 1.29 is 28.6 Å². The van der Waals surface area contributed by atoms with E-state index in [9.17, 15) is 14.4 Å². The van der Waals surface area contributed by atoms with Crippen LogP contribution in [0, 0.1) is 0 Å². The van der Waals surface area contributed by atoms with Crippen molar-refractivity contribution >= 4 is 17.9 Å². The van der Waals surface area contributed by atoms with Crippen LogP contribution in [0.3, 0.4) is 0 Å². The van der Waals surface area contributed by atoms with E-state index in [-0.39, 0.29) is 31.1 Å². The molecular formula is C60H104O6. The van der Waals surface area contributed by atoms with E-state index in [1.807, 2.05) is 0 Å². The van der Waals surface area contributed by atoms with Crippen LogP contribution >= 0.6 is 0 Å². The molecule has 0 spiro atoms. The zero-order valence-corrected chi connectivity index (χ0v) is 43.4. The third-order valence-corrected chi connectivity index (χ3v) is 11.9. The van der Waals surface area contributed by atoms with Crippen LogP contribution in [0.2, 0.25) is 0 Å². The first-order chi connectivity index (χ1) is 32.5. The van der Waals surface area contributed by atoms with E-state index in [0.717, 1.165) is 103 Å². The minimum Gasteiger partial charge on any atom is -0.462 e. The summed E-state index contributed by atoms with van der Waals surface area (Å²) in [5, 5.41) is 0. The molecule has 6 nitrogen and oxygen atoms in total. The summed E-state index contributed by atoms with van der Waals surface area (Å²) in [6.45, 7) is 6.47. The van der Waals surface area contributed by atoms with Crippen LogP contribution in [-0.2, 0) is 28.6 Å². The maximum atomic E-state index is 12.8. The van der Waals surface area contributed by atoms with Gasteiger partial charge in [0.1, 0.15) is 13.2 Å². The van der Waals surface area contributed by atoms with Crippen LogP contribution in [0.5, 0.6) is 0 Å². The average Bonchev–Trinajstić information content (AvgIpc) is 3.31. The summed E-state index contributed by atoms with van der Waals surface area (Å²) in [4.78, 5) is 38.1. The summed E-state index contributed by atoms with van der Waals surface area (Å²) in [5.74, 6) is -0.912. The lowest BCUT2D eigenvalue weighted by atomic mass is 10.1. The highest BCUT2D eigenvalue weighted by Crippen LogP contribution is 2.15. The van der Waals surface area contributed by atoms with Gasteiger partial charge in [-0.1, -0.05) is 229 Å². The Bertz CT molecular complexity index is 1240. The van der Waals surface area contributed by atoms with Crippen molar-refractivity contribution in [1.29, 1.82) is 0 Å². The second-order valence-corrected chi connectivity index (χ2v) is 18.5. The quantitative estimate of drug-likeness (QED) is 0.0199. The Morgan fingerprint density at radius 2 is 0.652 bits per heavy atom. The first-order valence-electron chi connectivity index (χ1n) is 28.0. The molecule has 1 unspecified atom stereocenters. The van der Waals surface area contributed by atoms with Gasteiger partial charge in [-0.05, 0) is 96.3 Å². The second-order valence-electron chi connectivity index (χ2n) is 18.5. The molecule has 380 valence electrons. The number of allylic oxidation sites excluding steroid dienone is 12. The Morgan fingerprint density at radius 1 is 0.333 bits per heavy atom. The highest BCUT2D eigenvalue weighted by atomic mass is 16.6. The SMILES string of the molecule is CC/C=C\C/C=C\C/C=C\CCCCCCCCCCCC(=O)OCC(COC(=O)CCCCCCC/C=C\CCCC)OC(=O)CCCCCCC/C=C\C=C/CCCCCCCCC. The van der Waals surface area contributed by atoms with Crippen LogP contribution in [0.25, 0.3) is 0 Å². The number of hydrogen-bond donors (Lipinski definition) is 0. The lowest BCUT2D eigenvalue weighted by Gasteiger charge is -2.18. The number of hydrogen-bond acceptors (Lipinski definition) is 6. The van der Waals surface area contributed by atoms with E-state index in [4.69, 9.17) is 14.2 Å². The van der Waals surface area contributed by atoms with E-state index in [1.54, 1.807) is 0 Å². The molecule has 0 aromatic heterocycles. The van der Waals surface area contributed by atoms with E-state index in [1.165, 1.54) is 128 Å². The predicted molar refractivity (Wildman–Crippen MR) is 284 cm³/mol. The fraction of sp³-hybridized carbons (Fsp3) is 0.750. The van der Waals surface area contributed by atoms with Gasteiger partial charge in [0.25, 0.3) is 0 Å². The molecule has 0 aliphatic carbocycles. The first kappa shape index (κ1) is 62.8. The summed E-state index contributed by atoms with van der Waals surface area (Å²) in [6, 6.07) is 0. The largest absolute Gasteiger partial charge is 0.462 e. The zero-order chi connectivity index (χ0) is 47.9. The molecule has 0 bridgehead atoms. The molecule has 0 radical (unpaired) electrons. The van der Waals surface area contributed by atoms with Crippen molar-refractivity contribution in [2.45, 2.75) is 277 Å². The zero-order valence-electron chi connectivity index (χ0n) is 43.4. The Hall–Kier alpha value is -3.15. The van der Waals surface area contributed by atoms with E-state index in [0.29, 0.717) is 19.3 Å². The van der Waals surface area contributed by atoms with E-state index in [2.05, 4.69) is 93.7 Å². The summed E-state index contributed by atoms with van der Waals surface area (Å²) < 4.78 is 16.8. The highest BCUT2D eigenvalue weighted by molar-refractivity contribution is 5.71. The Balaban J connectivity index is 4.37. The summed E-state index contributed by atoms with van der Waals surface area (Å²) in [5.41, 5.74) is 0. The minimum absolute atomic E-state index is 0.0869. The van der Waals surface area contributed by atoms with Gasteiger partial charge in [-0.3, -0.25) is 14.4 Å². The predicted octanol–water partition coefficient (Wildman–Crippen LogP) is 18.6. The monoisotopic (exact) mass is 921 g/mol. The molecule has 0 aliphatic rings. The molecule has 0 aliphatic heterocycles. The van der Waals surface area contributed by atoms with Crippen LogP contribution in [0.4, 0.5) is 0 Å². The van der Waals surface area contributed by atoms with Crippen molar-refractivity contribution in [2.75, 3.05) is 13.2 Å². The molecule has 6 heteroatoms. The molecule has 0 aromatic carbocycles. The van der Waals surface area contributed by atoms with Gasteiger partial charge in [-0.2, -0.15) is 0 Å². The smallest absolute Gasteiger partial charge is 0.306 e. The number of carbonyl (C=O) groups excluding carboxylic acids is 3. The molecule has 0 N–H and O–H groups in total. The molecule has 0 aromatic rings. The second kappa shape index (κ2) is 54.5. The third-order valence-electron chi connectivity index (χ3n) is 11.9. The van der Waals surface area contributed by atoms with Crippen molar-refractivity contribution in [3.05, 3.63) is 72.9 Å². The fourth-order valence-electron chi connectivity index (χ4n) is 7.72.